The number of nitrogens with one attached hydrogen (secondary N) is 1. The minimum atomic E-state index is -3.44. The number of piperidine rings is 1. The number of amides is 1. The van der Waals surface area contributed by atoms with Crippen molar-refractivity contribution in [2.45, 2.75) is 25.1 Å². The first-order chi connectivity index (χ1) is 15.8. The largest absolute Gasteiger partial charge is 0.493 e. The van der Waals surface area contributed by atoms with E-state index in [0.717, 1.165) is 15.6 Å². The molecule has 0 atom stereocenters. The van der Waals surface area contributed by atoms with Crippen molar-refractivity contribution in [1.82, 2.24) is 9.62 Å². The van der Waals surface area contributed by atoms with Gasteiger partial charge < -0.3 is 19.5 Å². The minimum absolute atomic E-state index is 0.0532. The molecular weight excluding hydrogens is 512 g/mol. The Morgan fingerprint density at radius 1 is 1.06 bits per heavy atom. The molecular formula is C23H29BrN2O6S. The second-order valence-electron chi connectivity index (χ2n) is 7.77. The Morgan fingerprint density at radius 2 is 1.76 bits per heavy atom. The van der Waals surface area contributed by atoms with Crippen LogP contribution >= 0.6 is 15.9 Å². The second-order valence-corrected chi connectivity index (χ2v) is 10.7. The molecule has 0 bridgehead atoms. The maximum atomic E-state index is 12.8. The van der Waals surface area contributed by atoms with Gasteiger partial charge in [0.2, 0.25) is 21.7 Å². The monoisotopic (exact) mass is 540 g/mol. The topological polar surface area (TPSA) is 94.2 Å². The molecule has 1 fully saturated rings. The third-order valence-electron chi connectivity index (χ3n) is 5.69. The Balaban J connectivity index is 1.57. The molecule has 0 saturated carbocycles. The van der Waals surface area contributed by atoms with E-state index in [2.05, 4.69) is 21.2 Å². The Labute approximate surface area is 203 Å². The number of carbonyl (C=O) groups is 1. The van der Waals surface area contributed by atoms with Gasteiger partial charge in [0.05, 0.1) is 27.1 Å². The predicted molar refractivity (Wildman–Crippen MR) is 129 cm³/mol. The van der Waals surface area contributed by atoms with E-state index < -0.39 is 10.0 Å². The highest BCUT2D eigenvalue weighted by atomic mass is 79.9. The predicted octanol–water partition coefficient (Wildman–Crippen LogP) is 3.33. The number of carbonyl (C=O) groups excluding carboxylic acids is 1. The molecule has 180 valence electrons. The lowest BCUT2D eigenvalue weighted by Gasteiger charge is -2.30. The van der Waals surface area contributed by atoms with Crippen LogP contribution in [0.2, 0.25) is 0 Å². The van der Waals surface area contributed by atoms with Crippen molar-refractivity contribution in [1.29, 1.82) is 0 Å². The van der Waals surface area contributed by atoms with E-state index in [9.17, 15) is 13.2 Å². The molecule has 2 aromatic rings. The molecule has 1 N–H and O–H groups in total. The lowest BCUT2D eigenvalue weighted by atomic mass is 9.97. The average molecular weight is 541 g/mol. The Bertz CT molecular complexity index is 1080. The molecule has 33 heavy (non-hydrogen) atoms. The number of halogens is 1. The molecule has 3 rings (SSSR count). The summed E-state index contributed by atoms with van der Waals surface area (Å²) in [5, 5.41) is 2.94. The summed E-state index contributed by atoms with van der Waals surface area (Å²) in [6.07, 6.45) is 0.958. The molecule has 1 saturated heterocycles. The van der Waals surface area contributed by atoms with Crippen molar-refractivity contribution in [2.24, 2.45) is 5.92 Å². The Hall–Kier alpha value is -2.30. The van der Waals surface area contributed by atoms with Crippen molar-refractivity contribution in [3.05, 3.63) is 52.0 Å². The number of rotatable bonds is 9. The van der Waals surface area contributed by atoms with Gasteiger partial charge in [-0.05, 0) is 42.7 Å². The van der Waals surface area contributed by atoms with E-state index >= 15 is 0 Å². The van der Waals surface area contributed by atoms with Crippen molar-refractivity contribution in [3.8, 4) is 17.2 Å². The van der Waals surface area contributed by atoms with Gasteiger partial charge in [-0.15, -0.1) is 0 Å². The smallest absolute Gasteiger partial charge is 0.223 e. The van der Waals surface area contributed by atoms with E-state index in [-0.39, 0.29) is 24.1 Å². The van der Waals surface area contributed by atoms with Crippen molar-refractivity contribution >= 4 is 31.9 Å². The second kappa shape index (κ2) is 11.2. The normalized spacial score (nSPS) is 15.2. The summed E-state index contributed by atoms with van der Waals surface area (Å²) in [6, 6.07) is 10.9. The van der Waals surface area contributed by atoms with Crippen LogP contribution in [0.4, 0.5) is 0 Å². The van der Waals surface area contributed by atoms with Crippen LogP contribution in [0.15, 0.2) is 40.9 Å². The fourth-order valence-electron chi connectivity index (χ4n) is 3.95. The third-order valence-corrected chi connectivity index (χ3v) is 8.04. The number of hydrogen-bond donors (Lipinski definition) is 1. The summed E-state index contributed by atoms with van der Waals surface area (Å²) in [5.41, 5.74) is 1.49. The zero-order valence-electron chi connectivity index (χ0n) is 19.0. The van der Waals surface area contributed by atoms with Gasteiger partial charge in [0.25, 0.3) is 0 Å². The van der Waals surface area contributed by atoms with Crippen LogP contribution in [0.5, 0.6) is 17.2 Å². The highest BCUT2D eigenvalue weighted by Gasteiger charge is 2.31. The molecule has 0 radical (unpaired) electrons. The molecule has 0 unspecified atom stereocenters. The van der Waals surface area contributed by atoms with Crippen LogP contribution in [-0.2, 0) is 27.1 Å². The molecule has 2 aromatic carbocycles. The number of sulfonamides is 1. The van der Waals surface area contributed by atoms with Gasteiger partial charge in [0.1, 0.15) is 0 Å². The minimum Gasteiger partial charge on any atom is -0.493 e. The number of ether oxygens (including phenoxy) is 3. The highest BCUT2D eigenvalue weighted by molar-refractivity contribution is 9.10. The number of nitrogens with zero attached hydrogens (tertiary/aromatic N) is 1. The summed E-state index contributed by atoms with van der Waals surface area (Å²) < 4.78 is 44.1. The molecule has 1 amide bonds. The van der Waals surface area contributed by atoms with Crippen LogP contribution in [0.25, 0.3) is 0 Å². The quantitative estimate of drug-likeness (QED) is 0.524. The van der Waals surface area contributed by atoms with Gasteiger partial charge in [-0.25, -0.2) is 12.7 Å². The van der Waals surface area contributed by atoms with Crippen LogP contribution in [-0.4, -0.2) is 53.0 Å². The fourth-order valence-corrected chi connectivity index (χ4v) is 5.95. The SMILES string of the molecule is COc1ccc(CNC(=O)C2CCN(S(=O)(=O)Cc3cccc(Br)c3)CC2)c(OC)c1OC. The Kier molecular flexibility index (Phi) is 8.61. The molecule has 0 aliphatic carbocycles. The van der Waals surface area contributed by atoms with Crippen LogP contribution in [0.1, 0.15) is 24.0 Å². The summed E-state index contributed by atoms with van der Waals surface area (Å²) >= 11 is 3.37. The van der Waals surface area contributed by atoms with Crippen molar-refractivity contribution in [2.75, 3.05) is 34.4 Å². The zero-order chi connectivity index (χ0) is 24.0. The number of methoxy groups -OCH3 is 3. The van der Waals surface area contributed by atoms with Crippen molar-refractivity contribution in [3.63, 3.8) is 0 Å². The Morgan fingerprint density at radius 3 is 2.36 bits per heavy atom. The molecule has 10 heteroatoms. The van der Waals surface area contributed by atoms with E-state index in [1.165, 1.54) is 18.5 Å². The van der Waals surface area contributed by atoms with Gasteiger partial charge >= 0.3 is 0 Å². The maximum Gasteiger partial charge on any atom is 0.223 e. The molecule has 8 nitrogen and oxygen atoms in total. The van der Waals surface area contributed by atoms with Crippen LogP contribution in [0, 0.1) is 5.92 Å². The molecule has 0 spiro atoms. The van der Waals surface area contributed by atoms with Gasteiger partial charge in [-0.2, -0.15) is 0 Å². The van der Waals surface area contributed by atoms with E-state index in [0.29, 0.717) is 43.2 Å². The molecule has 1 aliphatic rings. The third kappa shape index (κ3) is 6.18. The zero-order valence-corrected chi connectivity index (χ0v) is 21.4. The lowest BCUT2D eigenvalue weighted by molar-refractivity contribution is -0.126. The summed E-state index contributed by atoms with van der Waals surface area (Å²) in [7, 11) is 1.17. The van der Waals surface area contributed by atoms with E-state index in [4.69, 9.17) is 14.2 Å². The molecule has 1 heterocycles. The van der Waals surface area contributed by atoms with Gasteiger partial charge in [-0.3, -0.25) is 4.79 Å². The van der Waals surface area contributed by atoms with Gasteiger partial charge in [0, 0.05) is 35.6 Å². The standard InChI is InChI=1S/C23H29BrN2O6S/c1-30-20-8-7-18(21(31-2)22(20)32-3)14-25-23(27)17-9-11-26(12-10-17)33(28,29)15-16-5-4-6-19(24)13-16/h4-8,13,17H,9-12,14-15H2,1-3H3,(H,25,27). The molecule has 0 aromatic heterocycles. The summed E-state index contributed by atoms with van der Waals surface area (Å²) in [6.45, 7) is 0.923. The maximum absolute atomic E-state index is 12.8. The summed E-state index contributed by atoms with van der Waals surface area (Å²) in [5.74, 6) is 1.12. The van der Waals surface area contributed by atoms with Gasteiger partial charge in [0.15, 0.2) is 11.5 Å². The van der Waals surface area contributed by atoms with Crippen LogP contribution < -0.4 is 19.5 Å². The van der Waals surface area contributed by atoms with E-state index in [1.54, 1.807) is 25.3 Å². The lowest BCUT2D eigenvalue weighted by Crippen LogP contribution is -2.43. The highest BCUT2D eigenvalue weighted by Crippen LogP contribution is 2.39. The summed E-state index contributed by atoms with van der Waals surface area (Å²) in [4.78, 5) is 12.8. The first-order valence-electron chi connectivity index (χ1n) is 10.6. The van der Waals surface area contributed by atoms with Crippen molar-refractivity contribution < 1.29 is 27.4 Å². The first-order valence-corrected chi connectivity index (χ1v) is 13.0. The van der Waals surface area contributed by atoms with Crippen LogP contribution in [0.3, 0.4) is 0 Å². The average Bonchev–Trinajstić information content (AvgIpc) is 2.81. The van der Waals surface area contributed by atoms with E-state index in [1.807, 2.05) is 18.2 Å². The van der Waals surface area contributed by atoms with Gasteiger partial charge in [-0.1, -0.05) is 28.1 Å². The molecule has 1 aliphatic heterocycles. The fraction of sp³-hybridized carbons (Fsp3) is 0.435. The number of hydrogen-bond acceptors (Lipinski definition) is 6. The first kappa shape index (κ1) is 25.3. The number of benzene rings is 2.